The first-order valence-corrected chi connectivity index (χ1v) is 9.44. The molecule has 1 N–H and O–H groups in total. The molecule has 1 aliphatic rings. The van der Waals surface area contributed by atoms with Crippen molar-refractivity contribution in [1.82, 2.24) is 5.32 Å². The van der Waals surface area contributed by atoms with E-state index in [0.717, 1.165) is 11.3 Å². The Labute approximate surface area is 168 Å². The molecule has 0 atom stereocenters. The molecule has 0 bridgehead atoms. The van der Waals surface area contributed by atoms with E-state index >= 15 is 0 Å². The molecule has 0 radical (unpaired) electrons. The average Bonchev–Trinajstić information content (AvgIpc) is 3.02. The van der Waals surface area contributed by atoms with Crippen LogP contribution in [-0.2, 0) is 4.79 Å². The van der Waals surface area contributed by atoms with E-state index in [1.54, 1.807) is 33.5 Å². The summed E-state index contributed by atoms with van der Waals surface area (Å²) in [7, 11) is 4.66. The van der Waals surface area contributed by atoms with Crippen LogP contribution in [0.5, 0.6) is 17.2 Å². The summed E-state index contributed by atoms with van der Waals surface area (Å²) in [5, 5.41) is 3.36. The number of nitrogens with one attached hydrogen (secondary N) is 1. The van der Waals surface area contributed by atoms with E-state index in [1.807, 2.05) is 32.0 Å². The molecule has 1 heterocycles. The van der Waals surface area contributed by atoms with Crippen molar-refractivity contribution in [2.24, 2.45) is 4.99 Å². The highest BCUT2D eigenvalue weighted by Crippen LogP contribution is 2.41. The standard InChI is InChI=1S/C21H22N2O4S/c1-12-6-8-15(13(2)10-12)22-21-23-20(24)17(28-21)11-14-7-9-16(25-3)19(27-5)18(14)26-4/h6-11H,1-5H3,(H,22,23,24). The summed E-state index contributed by atoms with van der Waals surface area (Å²) in [6.45, 7) is 4.03. The summed E-state index contributed by atoms with van der Waals surface area (Å²) in [5.41, 5.74) is 3.77. The summed E-state index contributed by atoms with van der Waals surface area (Å²) in [6, 6.07) is 9.60. The highest BCUT2D eigenvalue weighted by molar-refractivity contribution is 8.18. The number of hydrogen-bond donors (Lipinski definition) is 1. The maximum absolute atomic E-state index is 12.4. The number of amidine groups is 1. The van der Waals surface area contributed by atoms with E-state index in [9.17, 15) is 4.79 Å². The quantitative estimate of drug-likeness (QED) is 0.764. The van der Waals surface area contributed by atoms with Crippen LogP contribution in [0.15, 0.2) is 40.2 Å². The molecule has 146 valence electrons. The number of amides is 1. The minimum absolute atomic E-state index is 0.203. The zero-order valence-electron chi connectivity index (χ0n) is 16.5. The SMILES string of the molecule is COc1ccc(C=C2SC(=Nc3ccc(C)cc3C)NC2=O)c(OC)c1OC. The fraction of sp³-hybridized carbons (Fsp3) is 0.238. The van der Waals surface area contributed by atoms with Crippen molar-refractivity contribution >= 4 is 34.6 Å². The lowest BCUT2D eigenvalue weighted by Gasteiger charge is -2.14. The Morgan fingerprint density at radius 1 is 1.00 bits per heavy atom. The highest BCUT2D eigenvalue weighted by atomic mass is 32.2. The van der Waals surface area contributed by atoms with Gasteiger partial charge in [-0.15, -0.1) is 0 Å². The minimum atomic E-state index is -0.203. The Morgan fingerprint density at radius 2 is 1.75 bits per heavy atom. The fourth-order valence-electron chi connectivity index (χ4n) is 2.90. The van der Waals surface area contributed by atoms with Gasteiger partial charge in [-0.05, 0) is 55.4 Å². The lowest BCUT2D eigenvalue weighted by Crippen LogP contribution is -2.19. The first-order valence-electron chi connectivity index (χ1n) is 8.62. The largest absolute Gasteiger partial charge is 0.493 e. The smallest absolute Gasteiger partial charge is 0.264 e. The molecule has 0 aliphatic carbocycles. The third-order valence-electron chi connectivity index (χ3n) is 4.25. The van der Waals surface area contributed by atoms with Crippen LogP contribution in [0.25, 0.3) is 6.08 Å². The summed E-state index contributed by atoms with van der Waals surface area (Å²) in [6.07, 6.45) is 1.76. The van der Waals surface area contributed by atoms with Gasteiger partial charge in [0.15, 0.2) is 16.7 Å². The number of hydrogen-bond acceptors (Lipinski definition) is 6. The van der Waals surface area contributed by atoms with Crippen LogP contribution in [0.4, 0.5) is 5.69 Å². The third-order valence-corrected chi connectivity index (χ3v) is 5.16. The van der Waals surface area contributed by atoms with Crippen molar-refractivity contribution in [3.8, 4) is 17.2 Å². The molecule has 3 rings (SSSR count). The van der Waals surface area contributed by atoms with Gasteiger partial charge in [0.25, 0.3) is 5.91 Å². The predicted molar refractivity (Wildman–Crippen MR) is 113 cm³/mol. The first kappa shape index (κ1) is 19.8. The summed E-state index contributed by atoms with van der Waals surface area (Å²) >= 11 is 1.29. The summed E-state index contributed by atoms with van der Waals surface area (Å²) < 4.78 is 16.2. The number of aryl methyl sites for hydroxylation is 2. The average molecular weight is 398 g/mol. The minimum Gasteiger partial charge on any atom is -0.493 e. The van der Waals surface area contributed by atoms with Crippen molar-refractivity contribution in [1.29, 1.82) is 0 Å². The second-order valence-electron chi connectivity index (χ2n) is 6.20. The van der Waals surface area contributed by atoms with Gasteiger partial charge in [0.05, 0.1) is 31.9 Å². The van der Waals surface area contributed by atoms with Gasteiger partial charge < -0.3 is 19.5 Å². The molecule has 2 aromatic carbocycles. The number of carbonyl (C=O) groups is 1. The zero-order chi connectivity index (χ0) is 20.3. The van der Waals surface area contributed by atoms with Gasteiger partial charge >= 0.3 is 0 Å². The number of nitrogens with zero attached hydrogens (tertiary/aromatic N) is 1. The molecule has 0 unspecified atom stereocenters. The van der Waals surface area contributed by atoms with Gasteiger partial charge in [0.2, 0.25) is 5.75 Å². The van der Waals surface area contributed by atoms with E-state index in [-0.39, 0.29) is 5.91 Å². The number of thioether (sulfide) groups is 1. The predicted octanol–water partition coefficient (Wildman–Crippen LogP) is 4.22. The van der Waals surface area contributed by atoms with Crippen LogP contribution in [0.3, 0.4) is 0 Å². The molecule has 1 amide bonds. The summed E-state index contributed by atoms with van der Waals surface area (Å²) in [5.74, 6) is 1.34. The summed E-state index contributed by atoms with van der Waals surface area (Å²) in [4.78, 5) is 17.5. The van der Waals surface area contributed by atoms with Crippen molar-refractivity contribution in [2.45, 2.75) is 13.8 Å². The first-order chi connectivity index (χ1) is 13.5. The molecule has 6 nitrogen and oxygen atoms in total. The molecule has 0 saturated carbocycles. The van der Waals surface area contributed by atoms with Crippen LogP contribution in [0.2, 0.25) is 0 Å². The van der Waals surface area contributed by atoms with E-state index in [1.165, 1.54) is 17.3 Å². The highest BCUT2D eigenvalue weighted by Gasteiger charge is 2.25. The topological polar surface area (TPSA) is 69.2 Å². The van der Waals surface area contributed by atoms with Crippen molar-refractivity contribution < 1.29 is 19.0 Å². The lowest BCUT2D eigenvalue weighted by atomic mass is 10.1. The third kappa shape index (κ3) is 3.99. The van der Waals surface area contributed by atoms with Crippen LogP contribution in [0.1, 0.15) is 16.7 Å². The monoisotopic (exact) mass is 398 g/mol. The van der Waals surface area contributed by atoms with Crippen LogP contribution < -0.4 is 19.5 Å². The van der Waals surface area contributed by atoms with Gasteiger partial charge in [-0.3, -0.25) is 4.79 Å². The Kier molecular flexibility index (Phi) is 5.94. The van der Waals surface area contributed by atoms with Crippen LogP contribution in [-0.4, -0.2) is 32.4 Å². The van der Waals surface area contributed by atoms with Gasteiger partial charge in [0.1, 0.15) is 0 Å². The molecule has 0 spiro atoms. The molecule has 0 aromatic heterocycles. The maximum Gasteiger partial charge on any atom is 0.264 e. The van der Waals surface area contributed by atoms with Crippen LogP contribution >= 0.6 is 11.8 Å². The molecule has 1 saturated heterocycles. The van der Waals surface area contributed by atoms with E-state index in [0.29, 0.717) is 32.9 Å². The molecular formula is C21H22N2O4S. The molecular weight excluding hydrogens is 376 g/mol. The Balaban J connectivity index is 1.94. The fourth-order valence-corrected chi connectivity index (χ4v) is 3.73. The Morgan fingerprint density at radius 3 is 2.39 bits per heavy atom. The van der Waals surface area contributed by atoms with E-state index < -0.39 is 0 Å². The number of methoxy groups -OCH3 is 3. The van der Waals surface area contributed by atoms with Gasteiger partial charge in [-0.1, -0.05) is 17.7 Å². The Bertz CT molecular complexity index is 983. The number of rotatable bonds is 5. The van der Waals surface area contributed by atoms with Crippen molar-refractivity contribution in [3.63, 3.8) is 0 Å². The van der Waals surface area contributed by atoms with Crippen molar-refractivity contribution in [3.05, 3.63) is 51.9 Å². The molecule has 2 aromatic rings. The van der Waals surface area contributed by atoms with Gasteiger partial charge in [-0.2, -0.15) is 0 Å². The molecule has 1 aliphatic heterocycles. The maximum atomic E-state index is 12.4. The number of aliphatic imine (C=N–C) groups is 1. The van der Waals surface area contributed by atoms with Gasteiger partial charge in [0, 0.05) is 5.56 Å². The second kappa shape index (κ2) is 8.39. The number of benzene rings is 2. The molecule has 28 heavy (non-hydrogen) atoms. The number of carbonyl (C=O) groups excluding carboxylic acids is 1. The van der Waals surface area contributed by atoms with E-state index in [2.05, 4.69) is 16.4 Å². The normalized spacial score (nSPS) is 16.4. The lowest BCUT2D eigenvalue weighted by molar-refractivity contribution is -0.115. The molecule has 1 fully saturated rings. The van der Waals surface area contributed by atoms with Gasteiger partial charge in [-0.25, -0.2) is 4.99 Å². The second-order valence-corrected chi connectivity index (χ2v) is 7.23. The molecule has 7 heteroatoms. The number of ether oxygens (including phenoxy) is 3. The zero-order valence-corrected chi connectivity index (χ0v) is 17.3. The van der Waals surface area contributed by atoms with Crippen molar-refractivity contribution in [2.75, 3.05) is 21.3 Å². The van der Waals surface area contributed by atoms with Crippen LogP contribution in [0, 0.1) is 13.8 Å². The van der Waals surface area contributed by atoms with E-state index in [4.69, 9.17) is 14.2 Å². The Hall–Kier alpha value is -2.93.